The van der Waals surface area contributed by atoms with E-state index in [1.165, 1.54) is 6.21 Å². The summed E-state index contributed by atoms with van der Waals surface area (Å²) < 4.78 is 0. The van der Waals surface area contributed by atoms with Crippen molar-refractivity contribution in [2.24, 2.45) is 0 Å². The zero-order valence-corrected chi connectivity index (χ0v) is 9.43. The molecule has 0 saturated carbocycles. The minimum Gasteiger partial charge on any atom is -0.396 e. The second kappa shape index (κ2) is 6.60. The van der Waals surface area contributed by atoms with E-state index in [-0.39, 0.29) is 12.1 Å². The summed E-state index contributed by atoms with van der Waals surface area (Å²) in [6.45, 7) is 6.48. The van der Waals surface area contributed by atoms with Crippen LogP contribution in [0.25, 0.3) is 0 Å². The van der Waals surface area contributed by atoms with Gasteiger partial charge in [0.25, 0.3) is 0 Å². The summed E-state index contributed by atoms with van der Waals surface area (Å²) in [4.78, 5) is 0. The lowest BCUT2D eigenvalue weighted by Crippen LogP contribution is -2.31. The molecular weight excluding hydrogens is 176 g/mol. The van der Waals surface area contributed by atoms with Crippen LogP contribution in [0.3, 0.4) is 0 Å². The first-order valence-electron chi connectivity index (χ1n) is 5.07. The Balaban J connectivity index is 3.93. The number of aliphatic hydroxyl groups is 1. The van der Waals surface area contributed by atoms with Gasteiger partial charge in [0, 0.05) is 24.6 Å². The fourth-order valence-electron chi connectivity index (χ4n) is 0.936. The number of hydrogen-bond donors (Lipinski definition) is 3. The van der Waals surface area contributed by atoms with E-state index in [4.69, 9.17) is 10.5 Å². The Bertz CT molecular complexity index is 192. The molecule has 0 aliphatic rings. The number of aliphatic hydroxyl groups excluding tert-OH is 1. The second-order valence-corrected chi connectivity index (χ2v) is 4.44. The van der Waals surface area contributed by atoms with Gasteiger partial charge in [0.1, 0.15) is 0 Å². The zero-order chi connectivity index (χ0) is 11.0. The van der Waals surface area contributed by atoms with Crippen LogP contribution in [0.1, 0.15) is 40.0 Å². The first-order chi connectivity index (χ1) is 6.49. The van der Waals surface area contributed by atoms with Crippen molar-refractivity contribution in [1.82, 2.24) is 5.32 Å². The van der Waals surface area contributed by atoms with Gasteiger partial charge < -0.3 is 15.8 Å². The molecule has 0 bridgehead atoms. The lowest BCUT2D eigenvalue weighted by atomic mass is 10.1. The molecule has 0 amide bonds. The van der Waals surface area contributed by atoms with E-state index in [0.29, 0.717) is 0 Å². The maximum absolute atomic E-state index is 8.62. The van der Waals surface area contributed by atoms with E-state index in [9.17, 15) is 0 Å². The van der Waals surface area contributed by atoms with Crippen molar-refractivity contribution >= 4 is 6.21 Å². The monoisotopic (exact) mass is 198 g/mol. The molecule has 0 heterocycles. The van der Waals surface area contributed by atoms with Gasteiger partial charge in [0.15, 0.2) is 0 Å². The van der Waals surface area contributed by atoms with Gasteiger partial charge >= 0.3 is 0 Å². The van der Waals surface area contributed by atoms with Crippen molar-refractivity contribution < 1.29 is 5.11 Å². The van der Waals surface area contributed by atoms with E-state index in [1.807, 2.05) is 6.20 Å². The molecule has 0 aliphatic heterocycles. The van der Waals surface area contributed by atoms with E-state index in [2.05, 4.69) is 26.1 Å². The minimum atomic E-state index is 0.0469. The highest BCUT2D eigenvalue weighted by Crippen LogP contribution is 2.06. The Morgan fingerprint density at radius 1 is 1.36 bits per heavy atom. The van der Waals surface area contributed by atoms with Gasteiger partial charge in [-0.25, -0.2) is 0 Å². The molecule has 0 spiro atoms. The van der Waals surface area contributed by atoms with Gasteiger partial charge in [-0.05, 0) is 45.6 Å². The van der Waals surface area contributed by atoms with Crippen molar-refractivity contribution in [3.8, 4) is 0 Å². The molecule has 0 unspecified atom stereocenters. The van der Waals surface area contributed by atoms with Crippen molar-refractivity contribution in [3.05, 3.63) is 11.8 Å². The SMILES string of the molecule is CC(C)(C)N/C=C(\C=N)CCCCO. The van der Waals surface area contributed by atoms with Gasteiger partial charge in [-0.3, -0.25) is 0 Å². The van der Waals surface area contributed by atoms with Crippen molar-refractivity contribution in [1.29, 1.82) is 5.41 Å². The van der Waals surface area contributed by atoms with Gasteiger partial charge in [-0.2, -0.15) is 0 Å². The predicted octanol–water partition coefficient (Wildman–Crippen LogP) is 2.07. The molecule has 0 aromatic rings. The first-order valence-corrected chi connectivity index (χ1v) is 5.07. The summed E-state index contributed by atoms with van der Waals surface area (Å²) in [5.74, 6) is 0. The Labute approximate surface area is 86.7 Å². The fraction of sp³-hybridized carbons (Fsp3) is 0.727. The van der Waals surface area contributed by atoms with Crippen LogP contribution < -0.4 is 5.32 Å². The van der Waals surface area contributed by atoms with E-state index >= 15 is 0 Å². The van der Waals surface area contributed by atoms with Gasteiger partial charge in [0.05, 0.1) is 0 Å². The van der Waals surface area contributed by atoms with E-state index < -0.39 is 0 Å². The Morgan fingerprint density at radius 3 is 2.43 bits per heavy atom. The quantitative estimate of drug-likeness (QED) is 0.452. The maximum atomic E-state index is 8.62. The Hall–Kier alpha value is -0.830. The molecule has 0 aliphatic carbocycles. The minimum absolute atomic E-state index is 0.0469. The summed E-state index contributed by atoms with van der Waals surface area (Å²) in [5, 5.41) is 19.1. The summed E-state index contributed by atoms with van der Waals surface area (Å²) in [6.07, 6.45) is 5.86. The Kier molecular flexibility index (Phi) is 6.21. The van der Waals surface area contributed by atoms with E-state index in [0.717, 1.165) is 24.8 Å². The first kappa shape index (κ1) is 13.2. The molecule has 3 nitrogen and oxygen atoms in total. The van der Waals surface area contributed by atoms with Crippen LogP contribution in [0.5, 0.6) is 0 Å². The standard InChI is InChI=1S/C11H22N2O/c1-11(2,3)13-9-10(8-12)6-4-5-7-14/h8-9,12-14H,4-7H2,1-3H3/b10-9-,12-8?. The third-order valence-corrected chi connectivity index (χ3v) is 1.75. The molecule has 3 heteroatoms. The summed E-state index contributed by atoms with van der Waals surface area (Å²) in [7, 11) is 0. The molecule has 0 saturated heterocycles. The molecular formula is C11H22N2O. The lowest BCUT2D eigenvalue weighted by molar-refractivity contribution is 0.285. The van der Waals surface area contributed by atoms with Crippen molar-refractivity contribution in [2.75, 3.05) is 6.61 Å². The number of rotatable bonds is 6. The third-order valence-electron chi connectivity index (χ3n) is 1.75. The summed E-state index contributed by atoms with van der Waals surface area (Å²) in [6, 6.07) is 0. The average Bonchev–Trinajstić information content (AvgIpc) is 2.09. The highest BCUT2D eigenvalue weighted by atomic mass is 16.2. The van der Waals surface area contributed by atoms with Crippen molar-refractivity contribution in [3.63, 3.8) is 0 Å². The van der Waals surface area contributed by atoms with Crippen LogP contribution in [0, 0.1) is 5.41 Å². The third kappa shape index (κ3) is 7.80. The van der Waals surface area contributed by atoms with Crippen LogP contribution >= 0.6 is 0 Å². The maximum Gasteiger partial charge on any atom is 0.0431 e. The predicted molar refractivity (Wildman–Crippen MR) is 60.7 cm³/mol. The van der Waals surface area contributed by atoms with Gasteiger partial charge in [-0.1, -0.05) is 0 Å². The van der Waals surface area contributed by atoms with Gasteiger partial charge in [-0.15, -0.1) is 0 Å². The molecule has 14 heavy (non-hydrogen) atoms. The molecule has 0 aromatic heterocycles. The van der Waals surface area contributed by atoms with Crippen LogP contribution in [0.4, 0.5) is 0 Å². The number of nitrogens with one attached hydrogen (secondary N) is 2. The van der Waals surface area contributed by atoms with Crippen LogP contribution in [-0.2, 0) is 0 Å². The van der Waals surface area contributed by atoms with Gasteiger partial charge in [0.2, 0.25) is 0 Å². The Morgan fingerprint density at radius 2 is 2.00 bits per heavy atom. The molecule has 0 aromatic carbocycles. The number of allylic oxidation sites excluding steroid dienone is 1. The van der Waals surface area contributed by atoms with E-state index in [1.54, 1.807) is 0 Å². The smallest absolute Gasteiger partial charge is 0.0431 e. The van der Waals surface area contributed by atoms with Crippen LogP contribution in [-0.4, -0.2) is 23.5 Å². The molecule has 82 valence electrons. The molecule has 0 radical (unpaired) electrons. The average molecular weight is 198 g/mol. The van der Waals surface area contributed by atoms with Crippen LogP contribution in [0.15, 0.2) is 11.8 Å². The summed E-state index contributed by atoms with van der Waals surface area (Å²) >= 11 is 0. The highest BCUT2D eigenvalue weighted by molar-refractivity contribution is 5.75. The number of unbranched alkanes of at least 4 members (excludes halogenated alkanes) is 1. The zero-order valence-electron chi connectivity index (χ0n) is 9.43. The normalized spacial score (nSPS) is 12.7. The van der Waals surface area contributed by atoms with Crippen LogP contribution in [0.2, 0.25) is 0 Å². The van der Waals surface area contributed by atoms with Crippen molar-refractivity contribution in [2.45, 2.75) is 45.6 Å². The fourth-order valence-corrected chi connectivity index (χ4v) is 0.936. The second-order valence-electron chi connectivity index (χ2n) is 4.44. The molecule has 0 fully saturated rings. The largest absolute Gasteiger partial charge is 0.396 e. The molecule has 3 N–H and O–H groups in total. The molecule has 0 rings (SSSR count). The summed E-state index contributed by atoms with van der Waals surface area (Å²) in [5.41, 5.74) is 1.03. The lowest BCUT2D eigenvalue weighted by Gasteiger charge is -2.19. The highest BCUT2D eigenvalue weighted by Gasteiger charge is 2.05. The topological polar surface area (TPSA) is 56.1 Å². The number of hydrogen-bond acceptors (Lipinski definition) is 3. The molecule has 0 atom stereocenters.